The fourth-order valence-electron chi connectivity index (χ4n) is 2.60. The molecule has 1 amide bonds. The van der Waals surface area contributed by atoms with Crippen LogP contribution in [0.5, 0.6) is 5.75 Å². The first-order valence-corrected chi connectivity index (χ1v) is 10.7. The molecule has 0 spiro atoms. The van der Waals surface area contributed by atoms with Crippen LogP contribution in [0.1, 0.15) is 5.56 Å². The first-order chi connectivity index (χ1) is 14.4. The van der Waals surface area contributed by atoms with Crippen molar-refractivity contribution in [3.05, 3.63) is 89.5 Å². The second-order valence-corrected chi connectivity index (χ2v) is 8.27. The van der Waals surface area contributed by atoms with E-state index in [1.165, 1.54) is 25.3 Å². The number of carbonyl (C=O) groups is 1. The van der Waals surface area contributed by atoms with Crippen LogP contribution in [0.2, 0.25) is 5.02 Å². The zero-order valence-corrected chi connectivity index (χ0v) is 17.6. The standard InChI is InChI=1S/C22H19ClN2O4S/c1-29-21-9-5-4-8-20(21)25-30(27,28)17-13-10-16(11-14-17)12-15-22(26)24-19-7-3-2-6-18(19)23/h2-15,25H,1H3,(H,24,26)/b15-12+. The summed E-state index contributed by atoms with van der Waals surface area (Å²) in [6, 6.07) is 19.8. The number of methoxy groups -OCH3 is 1. The highest BCUT2D eigenvalue weighted by atomic mass is 35.5. The molecule has 0 radical (unpaired) electrons. The van der Waals surface area contributed by atoms with Gasteiger partial charge in [-0.15, -0.1) is 0 Å². The highest BCUT2D eigenvalue weighted by molar-refractivity contribution is 7.92. The number of carbonyl (C=O) groups excluding carboxylic acids is 1. The van der Waals surface area contributed by atoms with Crippen LogP contribution < -0.4 is 14.8 Å². The van der Waals surface area contributed by atoms with Crippen molar-refractivity contribution in [1.29, 1.82) is 0 Å². The number of anilines is 2. The number of nitrogens with one attached hydrogen (secondary N) is 2. The fraction of sp³-hybridized carbons (Fsp3) is 0.0455. The Kier molecular flexibility index (Phi) is 6.76. The summed E-state index contributed by atoms with van der Waals surface area (Å²) in [5.41, 5.74) is 1.53. The van der Waals surface area contributed by atoms with E-state index in [0.29, 0.717) is 27.7 Å². The van der Waals surface area contributed by atoms with Gasteiger partial charge in [0, 0.05) is 6.08 Å². The largest absolute Gasteiger partial charge is 0.495 e. The van der Waals surface area contributed by atoms with Crippen LogP contribution in [-0.2, 0) is 14.8 Å². The van der Waals surface area contributed by atoms with E-state index in [0.717, 1.165) is 0 Å². The Morgan fingerprint density at radius 3 is 2.23 bits per heavy atom. The van der Waals surface area contributed by atoms with Crippen molar-refractivity contribution in [2.45, 2.75) is 4.90 Å². The van der Waals surface area contributed by atoms with E-state index in [1.54, 1.807) is 66.7 Å². The molecule has 0 saturated heterocycles. The van der Waals surface area contributed by atoms with Crippen molar-refractivity contribution in [3.8, 4) is 5.75 Å². The number of rotatable bonds is 7. The molecule has 0 aliphatic rings. The molecule has 0 aromatic heterocycles. The first kappa shape index (κ1) is 21.4. The summed E-state index contributed by atoms with van der Waals surface area (Å²) in [5.74, 6) is 0.0720. The van der Waals surface area contributed by atoms with Gasteiger partial charge in [-0.2, -0.15) is 0 Å². The summed E-state index contributed by atoms with van der Waals surface area (Å²) in [7, 11) is -2.32. The van der Waals surface area contributed by atoms with E-state index < -0.39 is 10.0 Å². The number of amides is 1. The number of ether oxygens (including phenoxy) is 1. The normalized spacial score (nSPS) is 11.3. The number of para-hydroxylation sites is 3. The molecular weight excluding hydrogens is 424 g/mol. The van der Waals surface area contributed by atoms with Crippen LogP contribution in [-0.4, -0.2) is 21.4 Å². The van der Waals surface area contributed by atoms with Crippen molar-refractivity contribution in [3.63, 3.8) is 0 Å². The molecule has 0 heterocycles. The van der Waals surface area contributed by atoms with Gasteiger partial charge in [0.25, 0.3) is 10.0 Å². The summed E-state index contributed by atoms with van der Waals surface area (Å²) in [6.07, 6.45) is 2.93. The van der Waals surface area contributed by atoms with Crippen LogP contribution in [0.25, 0.3) is 6.08 Å². The number of hydrogen-bond donors (Lipinski definition) is 2. The molecule has 0 saturated carbocycles. The molecule has 3 aromatic carbocycles. The molecule has 6 nitrogen and oxygen atoms in total. The smallest absolute Gasteiger partial charge is 0.262 e. The molecular formula is C22H19ClN2O4S. The fourth-order valence-corrected chi connectivity index (χ4v) is 3.85. The number of halogens is 1. The minimum Gasteiger partial charge on any atom is -0.495 e. The zero-order valence-electron chi connectivity index (χ0n) is 16.0. The Labute approximate surface area is 180 Å². The van der Waals surface area contributed by atoms with Gasteiger partial charge in [-0.3, -0.25) is 9.52 Å². The van der Waals surface area contributed by atoms with E-state index in [2.05, 4.69) is 10.0 Å². The van der Waals surface area contributed by atoms with E-state index in [9.17, 15) is 13.2 Å². The summed E-state index contributed by atoms with van der Waals surface area (Å²) in [6.45, 7) is 0. The lowest BCUT2D eigenvalue weighted by molar-refractivity contribution is -0.111. The average molecular weight is 443 g/mol. The van der Waals surface area contributed by atoms with Crippen LogP contribution in [0.15, 0.2) is 83.8 Å². The minimum atomic E-state index is -3.79. The Hall–Kier alpha value is -3.29. The number of benzene rings is 3. The van der Waals surface area contributed by atoms with Crippen molar-refractivity contribution < 1.29 is 17.9 Å². The lowest BCUT2D eigenvalue weighted by Crippen LogP contribution is -2.13. The number of hydrogen-bond acceptors (Lipinski definition) is 4. The van der Waals surface area contributed by atoms with E-state index in [-0.39, 0.29) is 10.8 Å². The maximum absolute atomic E-state index is 12.6. The first-order valence-electron chi connectivity index (χ1n) is 8.88. The van der Waals surface area contributed by atoms with E-state index >= 15 is 0 Å². The Balaban J connectivity index is 1.69. The highest BCUT2D eigenvalue weighted by Crippen LogP contribution is 2.26. The third-order valence-electron chi connectivity index (χ3n) is 4.10. The molecule has 0 atom stereocenters. The van der Waals surface area contributed by atoms with Crippen molar-refractivity contribution in [1.82, 2.24) is 0 Å². The maximum Gasteiger partial charge on any atom is 0.262 e. The summed E-state index contributed by atoms with van der Waals surface area (Å²) in [5, 5.41) is 3.12. The Bertz CT molecular complexity index is 1180. The molecule has 0 aliphatic carbocycles. The van der Waals surface area contributed by atoms with Crippen molar-refractivity contribution >= 4 is 45.0 Å². The quantitative estimate of drug-likeness (QED) is 0.514. The molecule has 30 heavy (non-hydrogen) atoms. The number of sulfonamides is 1. The molecule has 0 fully saturated rings. The second kappa shape index (κ2) is 9.47. The van der Waals surface area contributed by atoms with Gasteiger partial charge in [0.1, 0.15) is 5.75 Å². The lowest BCUT2D eigenvalue weighted by Gasteiger charge is -2.11. The Morgan fingerprint density at radius 1 is 0.933 bits per heavy atom. The van der Waals surface area contributed by atoms with Crippen LogP contribution in [0, 0.1) is 0 Å². The maximum atomic E-state index is 12.6. The van der Waals surface area contributed by atoms with Gasteiger partial charge in [0.05, 0.1) is 28.4 Å². The molecule has 0 bridgehead atoms. The monoisotopic (exact) mass is 442 g/mol. The average Bonchev–Trinajstić information content (AvgIpc) is 2.74. The van der Waals surface area contributed by atoms with Gasteiger partial charge < -0.3 is 10.1 Å². The van der Waals surface area contributed by atoms with Crippen LogP contribution in [0.3, 0.4) is 0 Å². The SMILES string of the molecule is COc1ccccc1NS(=O)(=O)c1ccc(/C=C/C(=O)Nc2ccccc2Cl)cc1. The topological polar surface area (TPSA) is 84.5 Å². The third-order valence-corrected chi connectivity index (χ3v) is 5.81. The molecule has 154 valence electrons. The molecule has 2 N–H and O–H groups in total. The highest BCUT2D eigenvalue weighted by Gasteiger charge is 2.16. The lowest BCUT2D eigenvalue weighted by atomic mass is 10.2. The van der Waals surface area contributed by atoms with Crippen molar-refractivity contribution in [2.24, 2.45) is 0 Å². The summed E-state index contributed by atoms with van der Waals surface area (Å²) < 4.78 is 32.9. The van der Waals surface area contributed by atoms with Gasteiger partial charge in [-0.05, 0) is 48.0 Å². The summed E-state index contributed by atoms with van der Waals surface area (Å²) in [4.78, 5) is 12.1. The zero-order chi connectivity index (χ0) is 21.6. The molecule has 0 aliphatic heterocycles. The second-order valence-electron chi connectivity index (χ2n) is 6.18. The van der Waals surface area contributed by atoms with Gasteiger partial charge in [0.2, 0.25) is 5.91 Å². The molecule has 0 unspecified atom stereocenters. The molecule has 8 heteroatoms. The van der Waals surface area contributed by atoms with Crippen molar-refractivity contribution in [2.75, 3.05) is 17.1 Å². The van der Waals surface area contributed by atoms with E-state index in [1.807, 2.05) is 0 Å². The van der Waals surface area contributed by atoms with Crippen LogP contribution >= 0.6 is 11.6 Å². The molecule has 3 aromatic rings. The minimum absolute atomic E-state index is 0.0890. The molecule has 3 rings (SSSR count). The summed E-state index contributed by atoms with van der Waals surface area (Å²) >= 11 is 6.01. The van der Waals surface area contributed by atoms with Gasteiger partial charge in [-0.25, -0.2) is 8.42 Å². The van der Waals surface area contributed by atoms with Gasteiger partial charge >= 0.3 is 0 Å². The van der Waals surface area contributed by atoms with Gasteiger partial charge in [0.15, 0.2) is 0 Å². The van der Waals surface area contributed by atoms with Gasteiger partial charge in [-0.1, -0.05) is 48.0 Å². The third kappa shape index (κ3) is 5.40. The predicted octanol–water partition coefficient (Wildman–Crippen LogP) is 4.80. The van der Waals surface area contributed by atoms with E-state index in [4.69, 9.17) is 16.3 Å². The predicted molar refractivity (Wildman–Crippen MR) is 119 cm³/mol. The van der Waals surface area contributed by atoms with Crippen LogP contribution in [0.4, 0.5) is 11.4 Å². The Morgan fingerprint density at radius 2 is 1.57 bits per heavy atom.